The summed E-state index contributed by atoms with van der Waals surface area (Å²) in [4.78, 5) is 0. The van der Waals surface area contributed by atoms with Gasteiger partial charge >= 0.3 is 0 Å². The zero-order valence-electron chi connectivity index (χ0n) is 11.0. The fourth-order valence-electron chi connectivity index (χ4n) is 2.05. The smallest absolute Gasteiger partial charge is 0.148 e. The highest BCUT2D eigenvalue weighted by Crippen LogP contribution is 2.33. The molecule has 0 heterocycles. The van der Waals surface area contributed by atoms with E-state index in [1.165, 1.54) is 0 Å². The second-order valence-corrected chi connectivity index (χ2v) is 6.58. The number of benzene rings is 2. The van der Waals surface area contributed by atoms with Crippen molar-refractivity contribution in [2.24, 2.45) is 0 Å². The van der Waals surface area contributed by atoms with Crippen molar-refractivity contribution >= 4 is 43.5 Å². The van der Waals surface area contributed by atoms with E-state index >= 15 is 0 Å². The molecular formula is C15H13Br2ClFN. The van der Waals surface area contributed by atoms with Crippen molar-refractivity contribution in [3.8, 4) is 0 Å². The van der Waals surface area contributed by atoms with Gasteiger partial charge in [0, 0.05) is 14.5 Å². The average molecular weight is 422 g/mol. The van der Waals surface area contributed by atoms with Crippen LogP contribution in [0, 0.1) is 12.7 Å². The van der Waals surface area contributed by atoms with Crippen LogP contribution in [0.15, 0.2) is 39.3 Å². The van der Waals surface area contributed by atoms with Crippen LogP contribution < -0.4 is 5.32 Å². The minimum absolute atomic E-state index is 0.105. The number of rotatable bonds is 3. The van der Waals surface area contributed by atoms with E-state index in [1.54, 1.807) is 19.2 Å². The molecule has 0 aliphatic heterocycles. The Balaban J connectivity index is 2.52. The van der Waals surface area contributed by atoms with Crippen molar-refractivity contribution in [3.05, 3.63) is 66.8 Å². The Kier molecular flexibility index (Phi) is 5.24. The Bertz CT molecular complexity index is 646. The summed E-state index contributed by atoms with van der Waals surface area (Å²) in [5.41, 5.74) is 2.64. The van der Waals surface area contributed by atoms with Crippen LogP contribution in [0.2, 0.25) is 5.02 Å². The second kappa shape index (κ2) is 6.56. The Morgan fingerprint density at radius 3 is 2.45 bits per heavy atom. The molecule has 0 saturated heterocycles. The van der Waals surface area contributed by atoms with Gasteiger partial charge in [0.15, 0.2) is 0 Å². The molecule has 1 unspecified atom stereocenters. The van der Waals surface area contributed by atoms with E-state index in [4.69, 9.17) is 11.6 Å². The van der Waals surface area contributed by atoms with Gasteiger partial charge in [0.05, 0.1) is 11.1 Å². The van der Waals surface area contributed by atoms with Gasteiger partial charge in [0.1, 0.15) is 5.82 Å². The average Bonchev–Trinajstić information content (AvgIpc) is 2.43. The van der Waals surface area contributed by atoms with Crippen LogP contribution in [-0.4, -0.2) is 7.05 Å². The Labute approximate surface area is 139 Å². The van der Waals surface area contributed by atoms with Gasteiger partial charge in [0.25, 0.3) is 0 Å². The van der Waals surface area contributed by atoms with Crippen molar-refractivity contribution in [1.82, 2.24) is 5.32 Å². The molecule has 0 fully saturated rings. The van der Waals surface area contributed by atoms with E-state index in [1.807, 2.05) is 25.1 Å². The lowest BCUT2D eigenvalue weighted by Gasteiger charge is -2.19. The minimum atomic E-state index is -0.405. The summed E-state index contributed by atoms with van der Waals surface area (Å²) in [6.45, 7) is 2.01. The SMILES string of the molecule is CNC(c1ccc(C)c(Br)c1)c1ccc(Br)c(Cl)c1F. The van der Waals surface area contributed by atoms with E-state index in [0.29, 0.717) is 10.0 Å². The largest absolute Gasteiger partial charge is 0.309 e. The molecule has 0 aliphatic carbocycles. The molecule has 0 bridgehead atoms. The maximum Gasteiger partial charge on any atom is 0.148 e. The lowest BCUT2D eigenvalue weighted by Crippen LogP contribution is -2.19. The Morgan fingerprint density at radius 1 is 1.15 bits per heavy atom. The Hall–Kier alpha value is -0.420. The predicted molar refractivity (Wildman–Crippen MR) is 88.9 cm³/mol. The van der Waals surface area contributed by atoms with Gasteiger partial charge in [-0.05, 0) is 53.2 Å². The molecule has 0 amide bonds. The number of hydrogen-bond donors (Lipinski definition) is 1. The van der Waals surface area contributed by atoms with E-state index in [-0.39, 0.29) is 11.1 Å². The van der Waals surface area contributed by atoms with Gasteiger partial charge in [-0.2, -0.15) is 0 Å². The topological polar surface area (TPSA) is 12.0 Å². The molecule has 20 heavy (non-hydrogen) atoms. The fourth-order valence-corrected chi connectivity index (χ4v) is 2.93. The predicted octanol–water partition coefficient (Wildman–Crippen LogP) is 5.62. The van der Waals surface area contributed by atoms with E-state index < -0.39 is 5.82 Å². The highest BCUT2D eigenvalue weighted by Gasteiger charge is 2.19. The molecule has 2 aromatic carbocycles. The molecule has 2 aromatic rings. The third kappa shape index (κ3) is 3.08. The van der Waals surface area contributed by atoms with Gasteiger partial charge in [-0.25, -0.2) is 4.39 Å². The van der Waals surface area contributed by atoms with Gasteiger partial charge in [-0.15, -0.1) is 0 Å². The summed E-state index contributed by atoms with van der Waals surface area (Å²) in [5, 5.41) is 3.24. The molecule has 1 nitrogen and oxygen atoms in total. The van der Waals surface area contributed by atoms with Crippen LogP contribution >= 0.6 is 43.5 Å². The van der Waals surface area contributed by atoms with Gasteiger partial charge in [0.2, 0.25) is 0 Å². The minimum Gasteiger partial charge on any atom is -0.309 e. The van der Waals surface area contributed by atoms with Gasteiger partial charge in [-0.1, -0.05) is 45.7 Å². The van der Waals surface area contributed by atoms with E-state index in [0.717, 1.165) is 15.6 Å². The standard InChI is InChI=1S/C15H13Br2ClFN/c1-8-3-4-9(7-12(8)17)15(20-2)10-5-6-11(16)13(18)14(10)19/h3-7,15,20H,1-2H3. The van der Waals surface area contributed by atoms with Crippen molar-refractivity contribution in [2.75, 3.05) is 7.05 Å². The summed E-state index contributed by atoms with van der Waals surface area (Å²) in [5.74, 6) is -0.405. The second-order valence-electron chi connectivity index (χ2n) is 4.49. The first-order chi connectivity index (χ1) is 9.45. The highest BCUT2D eigenvalue weighted by atomic mass is 79.9. The lowest BCUT2D eigenvalue weighted by atomic mass is 9.97. The van der Waals surface area contributed by atoms with Crippen LogP contribution in [0.1, 0.15) is 22.7 Å². The lowest BCUT2D eigenvalue weighted by molar-refractivity contribution is 0.575. The van der Waals surface area contributed by atoms with Crippen molar-refractivity contribution in [3.63, 3.8) is 0 Å². The molecule has 0 radical (unpaired) electrons. The van der Waals surface area contributed by atoms with Crippen LogP contribution in [0.4, 0.5) is 4.39 Å². The van der Waals surface area contributed by atoms with Crippen molar-refractivity contribution in [2.45, 2.75) is 13.0 Å². The Morgan fingerprint density at radius 2 is 1.85 bits per heavy atom. The number of nitrogens with one attached hydrogen (secondary N) is 1. The first-order valence-corrected chi connectivity index (χ1v) is 7.98. The normalized spacial score (nSPS) is 12.5. The molecule has 1 atom stereocenters. The van der Waals surface area contributed by atoms with Crippen LogP contribution in [-0.2, 0) is 0 Å². The molecule has 2 rings (SSSR count). The summed E-state index contributed by atoms with van der Waals surface area (Å²) in [6.07, 6.45) is 0. The van der Waals surface area contributed by atoms with Crippen LogP contribution in [0.3, 0.4) is 0 Å². The number of aryl methyl sites for hydroxylation is 1. The van der Waals surface area contributed by atoms with Crippen molar-refractivity contribution < 1.29 is 4.39 Å². The zero-order valence-corrected chi connectivity index (χ0v) is 14.9. The summed E-state index contributed by atoms with van der Waals surface area (Å²) >= 11 is 12.7. The molecule has 0 saturated carbocycles. The maximum atomic E-state index is 14.4. The summed E-state index contributed by atoms with van der Waals surface area (Å²) in [6, 6.07) is 9.22. The molecule has 1 N–H and O–H groups in total. The van der Waals surface area contributed by atoms with Gasteiger partial charge < -0.3 is 5.32 Å². The zero-order chi connectivity index (χ0) is 14.9. The summed E-state index contributed by atoms with van der Waals surface area (Å²) in [7, 11) is 1.80. The molecule has 0 aliphatic rings. The highest BCUT2D eigenvalue weighted by molar-refractivity contribution is 9.10. The molecule has 106 valence electrons. The van der Waals surface area contributed by atoms with Crippen molar-refractivity contribution in [1.29, 1.82) is 0 Å². The quantitative estimate of drug-likeness (QED) is 0.634. The number of hydrogen-bond acceptors (Lipinski definition) is 1. The third-order valence-electron chi connectivity index (χ3n) is 3.19. The molecule has 0 aromatic heterocycles. The van der Waals surface area contributed by atoms with Gasteiger partial charge in [-0.3, -0.25) is 0 Å². The van der Waals surface area contributed by atoms with Crippen LogP contribution in [0.5, 0.6) is 0 Å². The molecular weight excluding hydrogens is 408 g/mol. The fraction of sp³-hybridized carbons (Fsp3) is 0.200. The molecule has 5 heteroatoms. The summed E-state index contributed by atoms with van der Waals surface area (Å²) < 4.78 is 15.9. The molecule has 0 spiro atoms. The van der Waals surface area contributed by atoms with E-state index in [2.05, 4.69) is 37.2 Å². The third-order valence-corrected chi connectivity index (χ3v) is 5.31. The number of halogens is 4. The van der Waals surface area contributed by atoms with E-state index in [9.17, 15) is 4.39 Å². The monoisotopic (exact) mass is 419 g/mol. The first kappa shape index (κ1) is 16.0. The first-order valence-electron chi connectivity index (χ1n) is 6.02. The van der Waals surface area contributed by atoms with Crippen LogP contribution in [0.25, 0.3) is 0 Å². The maximum absolute atomic E-state index is 14.4.